The Hall–Kier alpha value is -1.97. The lowest BCUT2D eigenvalue weighted by Crippen LogP contribution is -2.11. The van der Waals surface area contributed by atoms with Crippen molar-refractivity contribution in [2.45, 2.75) is 26.8 Å². The zero-order valence-corrected chi connectivity index (χ0v) is 10.1. The SMILES string of the molecule is CCn1ccnc1CC(=O)c1cnccc1C. The molecule has 0 aliphatic rings. The quantitative estimate of drug-likeness (QED) is 0.754. The van der Waals surface area contributed by atoms with Gasteiger partial charge in [0.2, 0.25) is 0 Å². The second-order valence-corrected chi connectivity index (χ2v) is 3.92. The molecule has 0 atom stereocenters. The van der Waals surface area contributed by atoms with E-state index < -0.39 is 0 Å². The topological polar surface area (TPSA) is 47.8 Å². The number of ketones is 1. The van der Waals surface area contributed by atoms with E-state index in [0.717, 1.165) is 17.9 Å². The first kappa shape index (κ1) is 11.5. The molecule has 2 aromatic heterocycles. The molecular formula is C13H15N3O. The van der Waals surface area contributed by atoms with E-state index in [9.17, 15) is 4.79 Å². The van der Waals surface area contributed by atoms with Crippen molar-refractivity contribution >= 4 is 5.78 Å². The average Bonchev–Trinajstić information content (AvgIpc) is 2.76. The Balaban J connectivity index is 2.20. The number of carbonyl (C=O) groups excluding carboxylic acids is 1. The molecule has 2 heterocycles. The van der Waals surface area contributed by atoms with Gasteiger partial charge in [-0.1, -0.05) is 0 Å². The number of carbonyl (C=O) groups is 1. The number of nitrogens with zero attached hydrogens (tertiary/aromatic N) is 3. The molecule has 0 fully saturated rings. The van der Waals surface area contributed by atoms with Gasteiger partial charge >= 0.3 is 0 Å². The van der Waals surface area contributed by atoms with Gasteiger partial charge in [0.15, 0.2) is 5.78 Å². The first-order chi connectivity index (χ1) is 8.22. The summed E-state index contributed by atoms with van der Waals surface area (Å²) < 4.78 is 1.98. The van der Waals surface area contributed by atoms with Gasteiger partial charge in [-0.2, -0.15) is 0 Å². The van der Waals surface area contributed by atoms with Crippen molar-refractivity contribution in [3.8, 4) is 0 Å². The molecule has 0 aromatic carbocycles. The molecule has 0 radical (unpaired) electrons. The van der Waals surface area contributed by atoms with Crippen LogP contribution in [-0.2, 0) is 13.0 Å². The van der Waals surface area contributed by atoms with Gasteiger partial charge in [0.05, 0.1) is 6.42 Å². The van der Waals surface area contributed by atoms with Crippen molar-refractivity contribution in [1.29, 1.82) is 0 Å². The van der Waals surface area contributed by atoms with E-state index in [0.29, 0.717) is 12.0 Å². The molecule has 0 saturated heterocycles. The number of pyridine rings is 1. The van der Waals surface area contributed by atoms with Gasteiger partial charge in [0.1, 0.15) is 5.82 Å². The normalized spacial score (nSPS) is 10.5. The van der Waals surface area contributed by atoms with E-state index in [1.807, 2.05) is 30.7 Å². The molecule has 4 nitrogen and oxygen atoms in total. The minimum absolute atomic E-state index is 0.0662. The molecule has 17 heavy (non-hydrogen) atoms. The van der Waals surface area contributed by atoms with Crippen molar-refractivity contribution in [3.05, 3.63) is 47.8 Å². The van der Waals surface area contributed by atoms with E-state index in [1.165, 1.54) is 0 Å². The average molecular weight is 229 g/mol. The van der Waals surface area contributed by atoms with Crippen LogP contribution in [0, 0.1) is 6.92 Å². The minimum atomic E-state index is 0.0662. The Bertz CT molecular complexity index is 531. The van der Waals surface area contributed by atoms with Crippen molar-refractivity contribution < 1.29 is 4.79 Å². The van der Waals surface area contributed by atoms with Crippen LogP contribution in [0.2, 0.25) is 0 Å². The summed E-state index contributed by atoms with van der Waals surface area (Å²) in [5, 5.41) is 0. The highest BCUT2D eigenvalue weighted by Crippen LogP contribution is 2.09. The summed E-state index contributed by atoms with van der Waals surface area (Å²) in [5.41, 5.74) is 1.64. The van der Waals surface area contributed by atoms with Crippen LogP contribution in [0.3, 0.4) is 0 Å². The monoisotopic (exact) mass is 229 g/mol. The van der Waals surface area contributed by atoms with Crippen LogP contribution in [0.5, 0.6) is 0 Å². The molecule has 0 aliphatic heterocycles. The molecule has 0 aliphatic carbocycles. The maximum atomic E-state index is 12.1. The smallest absolute Gasteiger partial charge is 0.172 e. The molecule has 2 rings (SSSR count). The van der Waals surface area contributed by atoms with E-state index in [1.54, 1.807) is 18.6 Å². The van der Waals surface area contributed by atoms with E-state index in [4.69, 9.17) is 0 Å². The first-order valence-corrected chi connectivity index (χ1v) is 5.66. The molecule has 88 valence electrons. The Morgan fingerprint density at radius 2 is 2.24 bits per heavy atom. The number of hydrogen-bond acceptors (Lipinski definition) is 3. The van der Waals surface area contributed by atoms with Gasteiger partial charge in [-0.15, -0.1) is 0 Å². The molecule has 0 spiro atoms. The molecule has 0 unspecified atom stereocenters. The zero-order chi connectivity index (χ0) is 12.3. The first-order valence-electron chi connectivity index (χ1n) is 5.66. The Kier molecular flexibility index (Phi) is 3.32. The Morgan fingerprint density at radius 3 is 2.94 bits per heavy atom. The van der Waals surface area contributed by atoms with Crippen LogP contribution < -0.4 is 0 Å². The van der Waals surface area contributed by atoms with E-state index in [-0.39, 0.29) is 5.78 Å². The number of imidazole rings is 1. The van der Waals surface area contributed by atoms with Crippen molar-refractivity contribution in [3.63, 3.8) is 0 Å². The van der Waals surface area contributed by atoms with Crippen molar-refractivity contribution in [2.75, 3.05) is 0 Å². The maximum absolute atomic E-state index is 12.1. The largest absolute Gasteiger partial charge is 0.335 e. The summed E-state index contributed by atoms with van der Waals surface area (Å²) in [4.78, 5) is 20.3. The molecular weight excluding hydrogens is 214 g/mol. The maximum Gasteiger partial charge on any atom is 0.172 e. The summed E-state index contributed by atoms with van der Waals surface area (Å²) in [7, 11) is 0. The molecule has 0 saturated carbocycles. The minimum Gasteiger partial charge on any atom is -0.335 e. The highest BCUT2D eigenvalue weighted by molar-refractivity contribution is 5.98. The fourth-order valence-corrected chi connectivity index (χ4v) is 1.79. The van der Waals surface area contributed by atoms with Gasteiger partial charge in [0.25, 0.3) is 0 Å². The summed E-state index contributed by atoms with van der Waals surface area (Å²) in [6.45, 7) is 4.78. The van der Waals surface area contributed by atoms with Crippen molar-refractivity contribution in [2.24, 2.45) is 0 Å². The fourth-order valence-electron chi connectivity index (χ4n) is 1.79. The van der Waals surface area contributed by atoms with Crippen LogP contribution in [0.4, 0.5) is 0 Å². The lowest BCUT2D eigenvalue weighted by Gasteiger charge is -2.05. The van der Waals surface area contributed by atoms with Crippen LogP contribution >= 0.6 is 0 Å². The molecule has 0 N–H and O–H groups in total. The Morgan fingerprint density at radius 1 is 1.41 bits per heavy atom. The molecule has 0 amide bonds. The second-order valence-electron chi connectivity index (χ2n) is 3.92. The van der Waals surface area contributed by atoms with Crippen molar-refractivity contribution in [1.82, 2.24) is 14.5 Å². The van der Waals surface area contributed by atoms with Crippen LogP contribution in [-0.4, -0.2) is 20.3 Å². The fraction of sp³-hybridized carbons (Fsp3) is 0.308. The lowest BCUT2D eigenvalue weighted by molar-refractivity contribution is 0.0989. The third-order valence-electron chi connectivity index (χ3n) is 2.80. The highest BCUT2D eigenvalue weighted by Gasteiger charge is 2.12. The number of aryl methyl sites for hydroxylation is 2. The van der Waals surface area contributed by atoms with Gasteiger partial charge < -0.3 is 4.57 Å². The summed E-state index contributed by atoms with van der Waals surface area (Å²) >= 11 is 0. The van der Waals surface area contributed by atoms with Gasteiger partial charge in [0, 0.05) is 36.9 Å². The molecule has 4 heteroatoms. The van der Waals surface area contributed by atoms with E-state index in [2.05, 4.69) is 9.97 Å². The standard InChI is InChI=1S/C13H15N3O/c1-3-16-7-6-15-13(16)8-12(17)11-9-14-5-4-10(11)2/h4-7,9H,3,8H2,1-2H3. The third-order valence-corrected chi connectivity index (χ3v) is 2.80. The number of aromatic nitrogens is 3. The predicted octanol–water partition coefficient (Wildman–Crippen LogP) is 2.03. The lowest BCUT2D eigenvalue weighted by atomic mass is 10.1. The molecule has 2 aromatic rings. The number of rotatable bonds is 4. The summed E-state index contributed by atoms with van der Waals surface area (Å²) in [6.07, 6.45) is 7.25. The molecule has 0 bridgehead atoms. The van der Waals surface area contributed by atoms with Gasteiger partial charge in [-0.05, 0) is 25.5 Å². The van der Waals surface area contributed by atoms with Crippen LogP contribution in [0.15, 0.2) is 30.9 Å². The predicted molar refractivity (Wildman–Crippen MR) is 64.9 cm³/mol. The highest BCUT2D eigenvalue weighted by atomic mass is 16.1. The van der Waals surface area contributed by atoms with Crippen LogP contribution in [0.25, 0.3) is 0 Å². The number of Topliss-reactive ketones (excluding diaryl/α,β-unsaturated/α-hetero) is 1. The van der Waals surface area contributed by atoms with Gasteiger partial charge in [-0.25, -0.2) is 4.98 Å². The summed E-state index contributed by atoms with van der Waals surface area (Å²) in [6, 6.07) is 1.85. The zero-order valence-electron chi connectivity index (χ0n) is 10.1. The van der Waals surface area contributed by atoms with Crippen LogP contribution in [0.1, 0.15) is 28.7 Å². The Labute approximate surface area is 100 Å². The summed E-state index contributed by atoms with van der Waals surface area (Å²) in [5.74, 6) is 0.872. The third kappa shape index (κ3) is 2.41. The van der Waals surface area contributed by atoms with Gasteiger partial charge in [-0.3, -0.25) is 9.78 Å². The van der Waals surface area contributed by atoms with E-state index >= 15 is 0 Å². The number of hydrogen-bond donors (Lipinski definition) is 0. The second kappa shape index (κ2) is 4.91.